The number of aromatic nitrogens is 2. The summed E-state index contributed by atoms with van der Waals surface area (Å²) < 4.78 is 9.39. The van der Waals surface area contributed by atoms with Crippen LogP contribution in [0.2, 0.25) is 5.02 Å². The zero-order chi connectivity index (χ0) is 26.7. The third-order valence-corrected chi connectivity index (χ3v) is 5.63. The second-order valence-corrected chi connectivity index (χ2v) is 8.32. The Morgan fingerprint density at radius 2 is 1.68 bits per heavy atom. The number of methoxy groups -OCH3 is 2. The SMILES string of the molecule is COC(=O)c1cc(NC(=O)[C@@H]2CC(=O)Nc3nc(Nc4cccc(Cl)c4)[nH]c(=O)c32)cc(C(=O)OC)c1. The van der Waals surface area contributed by atoms with Crippen LogP contribution in [0.1, 0.15) is 38.6 Å². The van der Waals surface area contributed by atoms with Gasteiger partial charge >= 0.3 is 11.9 Å². The number of carbonyl (C=O) groups is 4. The van der Waals surface area contributed by atoms with E-state index in [0.29, 0.717) is 10.7 Å². The number of anilines is 4. The summed E-state index contributed by atoms with van der Waals surface area (Å²) >= 11 is 5.98. The van der Waals surface area contributed by atoms with Crippen molar-refractivity contribution >= 4 is 58.5 Å². The molecule has 4 N–H and O–H groups in total. The van der Waals surface area contributed by atoms with E-state index in [9.17, 15) is 24.0 Å². The van der Waals surface area contributed by atoms with Gasteiger partial charge in [0.05, 0.1) is 36.8 Å². The normalized spacial score (nSPS) is 14.1. The van der Waals surface area contributed by atoms with Gasteiger partial charge in [-0.25, -0.2) is 9.59 Å². The molecule has 13 heteroatoms. The summed E-state index contributed by atoms with van der Waals surface area (Å²) in [5, 5.41) is 8.41. The highest BCUT2D eigenvalue weighted by molar-refractivity contribution is 6.30. The molecule has 1 atom stereocenters. The maximum atomic E-state index is 13.2. The predicted octanol–water partition coefficient (Wildman–Crippen LogP) is 2.80. The fourth-order valence-electron chi connectivity index (χ4n) is 3.76. The molecule has 3 aromatic rings. The molecular formula is C24H20ClN5O7. The predicted molar refractivity (Wildman–Crippen MR) is 133 cm³/mol. The van der Waals surface area contributed by atoms with Gasteiger partial charge in [-0.1, -0.05) is 17.7 Å². The first-order valence-electron chi connectivity index (χ1n) is 10.8. The maximum Gasteiger partial charge on any atom is 0.337 e. The lowest BCUT2D eigenvalue weighted by molar-refractivity contribution is -0.123. The van der Waals surface area contributed by atoms with Gasteiger partial charge in [-0.2, -0.15) is 4.98 Å². The first-order chi connectivity index (χ1) is 17.7. The van der Waals surface area contributed by atoms with Crippen LogP contribution in [0.25, 0.3) is 0 Å². The Bertz CT molecular complexity index is 1450. The van der Waals surface area contributed by atoms with E-state index in [1.54, 1.807) is 24.3 Å². The van der Waals surface area contributed by atoms with E-state index in [1.165, 1.54) is 18.2 Å². The fraction of sp³-hybridized carbons (Fsp3) is 0.167. The molecule has 2 aromatic carbocycles. The summed E-state index contributed by atoms with van der Waals surface area (Å²) in [6.45, 7) is 0. The molecule has 0 fully saturated rings. The Hall–Kier alpha value is -4.71. The number of nitrogens with one attached hydrogen (secondary N) is 4. The van der Waals surface area contributed by atoms with Crippen molar-refractivity contribution in [2.45, 2.75) is 12.3 Å². The van der Waals surface area contributed by atoms with E-state index in [4.69, 9.17) is 21.1 Å². The summed E-state index contributed by atoms with van der Waals surface area (Å²) in [6, 6.07) is 10.5. The lowest BCUT2D eigenvalue weighted by atomic mass is 9.92. The Morgan fingerprint density at radius 1 is 1.00 bits per heavy atom. The van der Waals surface area contributed by atoms with Crippen LogP contribution in [0.5, 0.6) is 0 Å². The summed E-state index contributed by atoms with van der Waals surface area (Å²) in [4.78, 5) is 69.4. The van der Waals surface area contributed by atoms with Gasteiger partial charge in [-0.05, 0) is 36.4 Å². The van der Waals surface area contributed by atoms with Gasteiger partial charge in [0.15, 0.2) is 0 Å². The quantitative estimate of drug-likeness (QED) is 0.353. The second-order valence-electron chi connectivity index (χ2n) is 7.89. The van der Waals surface area contributed by atoms with Crippen LogP contribution in [0.15, 0.2) is 47.3 Å². The molecule has 0 bridgehead atoms. The standard InChI is InChI=1S/C24H20ClN5O7/c1-36-22(34)11-6-12(23(35)37-2)8-15(7-11)26-20(32)16-10-17(31)28-19-18(16)21(33)30-24(29-19)27-14-5-3-4-13(25)9-14/h3-9,16H,10H2,1-2H3,(H,26,32)(H3,27,28,29,30,31,33)/t16-/m1/s1. The number of carbonyl (C=O) groups excluding carboxylic acids is 4. The lowest BCUT2D eigenvalue weighted by Gasteiger charge is -2.24. The number of benzene rings is 2. The monoisotopic (exact) mass is 525 g/mol. The van der Waals surface area contributed by atoms with Gasteiger partial charge in [0.25, 0.3) is 5.56 Å². The highest BCUT2D eigenvalue weighted by atomic mass is 35.5. The highest BCUT2D eigenvalue weighted by Crippen LogP contribution is 2.30. The molecule has 4 rings (SSSR count). The van der Waals surface area contributed by atoms with Gasteiger partial charge in [0, 0.05) is 22.8 Å². The summed E-state index contributed by atoms with van der Waals surface area (Å²) in [7, 11) is 2.33. The number of amides is 2. The molecule has 0 saturated carbocycles. The zero-order valence-corrected chi connectivity index (χ0v) is 20.3. The molecule has 190 valence electrons. The largest absolute Gasteiger partial charge is 0.465 e. The van der Waals surface area contributed by atoms with Crippen LogP contribution in [-0.4, -0.2) is 47.9 Å². The molecule has 1 aromatic heterocycles. The lowest BCUT2D eigenvalue weighted by Crippen LogP contribution is -2.36. The molecule has 0 saturated heterocycles. The van der Waals surface area contributed by atoms with Crippen LogP contribution >= 0.6 is 11.6 Å². The van der Waals surface area contributed by atoms with E-state index in [0.717, 1.165) is 14.2 Å². The zero-order valence-electron chi connectivity index (χ0n) is 19.5. The minimum Gasteiger partial charge on any atom is -0.465 e. The van der Waals surface area contributed by atoms with Gasteiger partial charge < -0.3 is 25.4 Å². The van der Waals surface area contributed by atoms with Crippen molar-refractivity contribution in [1.29, 1.82) is 0 Å². The summed E-state index contributed by atoms with van der Waals surface area (Å²) in [6.07, 6.45) is -0.328. The van der Waals surface area contributed by atoms with Crippen molar-refractivity contribution in [3.63, 3.8) is 0 Å². The minimum absolute atomic E-state index is 0.0151. The molecule has 0 aliphatic carbocycles. The van der Waals surface area contributed by atoms with E-state index < -0.39 is 35.2 Å². The molecule has 0 spiro atoms. The molecule has 2 amide bonds. The average molecular weight is 526 g/mol. The highest BCUT2D eigenvalue weighted by Gasteiger charge is 2.35. The van der Waals surface area contributed by atoms with Crippen LogP contribution in [0.4, 0.5) is 23.1 Å². The number of ether oxygens (including phenoxy) is 2. The average Bonchev–Trinajstić information content (AvgIpc) is 2.86. The minimum atomic E-state index is -1.21. The number of rotatable bonds is 6. The van der Waals surface area contributed by atoms with Crippen molar-refractivity contribution in [3.8, 4) is 0 Å². The number of nitrogens with zero attached hydrogens (tertiary/aromatic N) is 1. The van der Waals surface area contributed by atoms with Crippen molar-refractivity contribution in [2.24, 2.45) is 0 Å². The third-order valence-electron chi connectivity index (χ3n) is 5.40. The number of fused-ring (bicyclic) bond motifs is 1. The number of halogens is 1. The molecule has 37 heavy (non-hydrogen) atoms. The first kappa shape index (κ1) is 25.4. The van der Waals surface area contributed by atoms with Crippen LogP contribution in [0, 0.1) is 0 Å². The number of hydrogen-bond donors (Lipinski definition) is 4. The first-order valence-corrected chi connectivity index (χ1v) is 11.2. The van der Waals surface area contributed by atoms with Crippen molar-refractivity contribution in [1.82, 2.24) is 9.97 Å². The van der Waals surface area contributed by atoms with Gasteiger partial charge in [-0.15, -0.1) is 0 Å². The Morgan fingerprint density at radius 3 is 2.30 bits per heavy atom. The summed E-state index contributed by atoms with van der Waals surface area (Å²) in [5.74, 6) is -4.00. The molecule has 12 nitrogen and oxygen atoms in total. The van der Waals surface area contributed by atoms with E-state index >= 15 is 0 Å². The van der Waals surface area contributed by atoms with Crippen LogP contribution in [-0.2, 0) is 19.1 Å². The van der Waals surface area contributed by atoms with E-state index in [2.05, 4.69) is 25.9 Å². The number of aromatic amines is 1. The molecule has 0 unspecified atom stereocenters. The van der Waals surface area contributed by atoms with E-state index in [-0.39, 0.29) is 40.6 Å². The molecule has 1 aliphatic heterocycles. The fourth-order valence-corrected chi connectivity index (χ4v) is 3.95. The van der Waals surface area contributed by atoms with Gasteiger partial charge in [-0.3, -0.25) is 19.4 Å². The molecule has 2 heterocycles. The maximum absolute atomic E-state index is 13.2. The van der Waals surface area contributed by atoms with Crippen molar-refractivity contribution in [2.75, 3.05) is 30.2 Å². The Labute approximate surface area is 214 Å². The van der Waals surface area contributed by atoms with Gasteiger partial charge in [0.1, 0.15) is 5.82 Å². The Balaban J connectivity index is 1.65. The third kappa shape index (κ3) is 5.59. The second kappa shape index (κ2) is 10.5. The molecule has 0 radical (unpaired) electrons. The van der Waals surface area contributed by atoms with Gasteiger partial charge in [0.2, 0.25) is 17.8 Å². The van der Waals surface area contributed by atoms with Crippen LogP contribution in [0.3, 0.4) is 0 Å². The van der Waals surface area contributed by atoms with Crippen LogP contribution < -0.4 is 21.5 Å². The van der Waals surface area contributed by atoms with Crippen molar-refractivity contribution < 1.29 is 28.7 Å². The molecule has 1 aliphatic rings. The van der Waals surface area contributed by atoms with Crippen molar-refractivity contribution in [3.05, 3.63) is 74.5 Å². The smallest absolute Gasteiger partial charge is 0.337 e. The number of H-pyrrole nitrogens is 1. The molecular weight excluding hydrogens is 506 g/mol. The summed E-state index contributed by atoms with van der Waals surface area (Å²) in [5.41, 5.74) is -0.125. The Kier molecular flexibility index (Phi) is 7.20. The number of hydrogen-bond acceptors (Lipinski definition) is 9. The van der Waals surface area contributed by atoms with E-state index in [1.807, 2.05) is 0 Å². The topological polar surface area (TPSA) is 169 Å². The number of esters is 2.